The first-order chi connectivity index (χ1) is 11.2. The molecule has 24 heavy (non-hydrogen) atoms. The van der Waals surface area contributed by atoms with Crippen LogP contribution < -0.4 is 10.6 Å². The Morgan fingerprint density at radius 2 is 1.96 bits per heavy atom. The third-order valence-corrected chi connectivity index (χ3v) is 4.46. The molecule has 1 aromatic heterocycles. The Hall–Kier alpha value is -2.09. The predicted octanol–water partition coefficient (Wildman–Crippen LogP) is 3.25. The van der Waals surface area contributed by atoms with E-state index in [0.717, 1.165) is 11.3 Å². The van der Waals surface area contributed by atoms with E-state index in [4.69, 9.17) is 9.84 Å². The van der Waals surface area contributed by atoms with Crippen LogP contribution in [0.4, 0.5) is 9.80 Å². The normalized spacial score (nSPS) is 11.0. The van der Waals surface area contributed by atoms with Crippen LogP contribution in [0.5, 0.6) is 0 Å². The lowest BCUT2D eigenvalue weighted by molar-refractivity contribution is -0.137. The van der Waals surface area contributed by atoms with Gasteiger partial charge in [0.25, 0.3) is 0 Å². The quantitative estimate of drug-likeness (QED) is 0.620. The Balaban J connectivity index is 2.80. The van der Waals surface area contributed by atoms with E-state index in [1.807, 2.05) is 6.92 Å². The second-order valence-electron chi connectivity index (χ2n) is 5.89. The van der Waals surface area contributed by atoms with E-state index in [1.54, 1.807) is 26.8 Å². The van der Waals surface area contributed by atoms with E-state index in [9.17, 15) is 14.4 Å². The zero-order chi connectivity index (χ0) is 18.3. The number of ether oxygens (including phenoxy) is 1. The SMILES string of the molecule is CCOC(=O)c1cc(CC)sc1NC(=O)NC(C)(C)CCC(=O)O. The first-order valence-electron chi connectivity index (χ1n) is 7.79. The number of carboxylic acids is 1. The average Bonchev–Trinajstić information content (AvgIpc) is 2.88. The van der Waals surface area contributed by atoms with E-state index in [-0.39, 0.29) is 13.0 Å². The van der Waals surface area contributed by atoms with E-state index in [2.05, 4.69) is 10.6 Å². The molecule has 7 nitrogen and oxygen atoms in total. The molecule has 1 aromatic rings. The highest BCUT2D eigenvalue weighted by Gasteiger charge is 2.24. The summed E-state index contributed by atoms with van der Waals surface area (Å²) >= 11 is 1.32. The monoisotopic (exact) mass is 356 g/mol. The number of hydrogen-bond acceptors (Lipinski definition) is 5. The molecule has 0 aliphatic carbocycles. The van der Waals surface area contributed by atoms with Crippen LogP contribution >= 0.6 is 11.3 Å². The van der Waals surface area contributed by atoms with Crippen molar-refractivity contribution in [2.24, 2.45) is 0 Å². The number of amides is 2. The molecule has 1 heterocycles. The number of rotatable bonds is 8. The number of aliphatic carboxylic acids is 1. The van der Waals surface area contributed by atoms with E-state index >= 15 is 0 Å². The van der Waals surface area contributed by atoms with Crippen LogP contribution in [0, 0.1) is 0 Å². The Morgan fingerprint density at radius 1 is 1.29 bits per heavy atom. The molecule has 2 amide bonds. The van der Waals surface area contributed by atoms with Crippen molar-refractivity contribution in [1.29, 1.82) is 0 Å². The summed E-state index contributed by atoms with van der Waals surface area (Å²) in [6, 6.07) is 1.23. The highest BCUT2D eigenvalue weighted by molar-refractivity contribution is 7.16. The molecule has 0 spiro atoms. The van der Waals surface area contributed by atoms with Gasteiger partial charge in [-0.3, -0.25) is 10.1 Å². The van der Waals surface area contributed by atoms with Gasteiger partial charge in [-0.15, -0.1) is 11.3 Å². The number of thiophene rings is 1. The van der Waals surface area contributed by atoms with Crippen molar-refractivity contribution in [2.45, 2.75) is 52.5 Å². The molecule has 134 valence electrons. The lowest BCUT2D eigenvalue weighted by Gasteiger charge is -2.25. The number of urea groups is 1. The third-order valence-electron chi connectivity index (χ3n) is 3.27. The largest absolute Gasteiger partial charge is 0.481 e. The van der Waals surface area contributed by atoms with Crippen LogP contribution in [-0.4, -0.2) is 35.2 Å². The van der Waals surface area contributed by atoms with Gasteiger partial charge in [0.1, 0.15) is 5.00 Å². The minimum atomic E-state index is -0.916. The predicted molar refractivity (Wildman–Crippen MR) is 92.8 cm³/mol. The van der Waals surface area contributed by atoms with Gasteiger partial charge in [-0.2, -0.15) is 0 Å². The Labute approximate surface area is 145 Å². The lowest BCUT2D eigenvalue weighted by Crippen LogP contribution is -2.45. The standard InChI is InChI=1S/C16H24N2O5S/c1-5-10-9-11(14(21)23-6-2)13(24-10)17-15(22)18-16(3,4)8-7-12(19)20/h9H,5-8H2,1-4H3,(H,19,20)(H2,17,18,22). The smallest absolute Gasteiger partial charge is 0.341 e. The maximum atomic E-state index is 12.2. The van der Waals surface area contributed by atoms with Gasteiger partial charge < -0.3 is 15.2 Å². The van der Waals surface area contributed by atoms with Gasteiger partial charge in [0.15, 0.2) is 0 Å². The topological polar surface area (TPSA) is 105 Å². The van der Waals surface area contributed by atoms with Gasteiger partial charge in [-0.1, -0.05) is 6.92 Å². The number of aryl methyl sites for hydroxylation is 1. The molecule has 1 rings (SSSR count). The van der Waals surface area contributed by atoms with Crippen LogP contribution in [0.2, 0.25) is 0 Å². The Kier molecular flexibility index (Phi) is 7.21. The molecule has 0 aliphatic heterocycles. The highest BCUT2D eigenvalue weighted by atomic mass is 32.1. The molecule has 0 bridgehead atoms. The van der Waals surface area contributed by atoms with Crippen molar-refractivity contribution in [3.8, 4) is 0 Å². The minimum absolute atomic E-state index is 0.0413. The summed E-state index contributed by atoms with van der Waals surface area (Å²) in [7, 11) is 0. The maximum Gasteiger partial charge on any atom is 0.341 e. The second kappa shape index (κ2) is 8.68. The van der Waals surface area contributed by atoms with Crippen LogP contribution in [0.25, 0.3) is 0 Å². The molecule has 8 heteroatoms. The van der Waals surface area contributed by atoms with Crippen LogP contribution in [-0.2, 0) is 16.0 Å². The zero-order valence-corrected chi connectivity index (χ0v) is 15.2. The fourth-order valence-corrected chi connectivity index (χ4v) is 2.97. The molecule has 0 fully saturated rings. The number of hydrogen-bond donors (Lipinski definition) is 3. The molecule has 0 saturated carbocycles. The number of carbonyl (C=O) groups is 3. The Morgan fingerprint density at radius 3 is 2.50 bits per heavy atom. The minimum Gasteiger partial charge on any atom is -0.481 e. The summed E-state index contributed by atoms with van der Waals surface area (Å²) in [6.07, 6.45) is 0.996. The van der Waals surface area contributed by atoms with Gasteiger partial charge in [0.05, 0.1) is 12.2 Å². The fraction of sp³-hybridized carbons (Fsp3) is 0.562. The van der Waals surface area contributed by atoms with E-state index in [1.165, 1.54) is 11.3 Å². The van der Waals surface area contributed by atoms with Crippen LogP contribution in [0.15, 0.2) is 6.07 Å². The Bertz CT molecular complexity index is 610. The number of esters is 1. The summed E-state index contributed by atoms with van der Waals surface area (Å²) < 4.78 is 5.00. The third kappa shape index (κ3) is 6.19. The van der Waals surface area contributed by atoms with Gasteiger partial charge in [-0.05, 0) is 39.7 Å². The van der Waals surface area contributed by atoms with Crippen molar-refractivity contribution in [3.63, 3.8) is 0 Å². The molecule has 3 N–H and O–H groups in total. The van der Waals surface area contributed by atoms with Crippen molar-refractivity contribution >= 4 is 34.3 Å². The number of carbonyl (C=O) groups excluding carboxylic acids is 2. The van der Waals surface area contributed by atoms with Crippen molar-refractivity contribution in [2.75, 3.05) is 11.9 Å². The number of nitrogens with one attached hydrogen (secondary N) is 2. The van der Waals surface area contributed by atoms with Crippen LogP contribution in [0.3, 0.4) is 0 Å². The molecule has 0 unspecified atom stereocenters. The highest BCUT2D eigenvalue weighted by Crippen LogP contribution is 2.29. The van der Waals surface area contributed by atoms with Crippen molar-refractivity contribution in [3.05, 3.63) is 16.5 Å². The average molecular weight is 356 g/mol. The van der Waals surface area contributed by atoms with Crippen molar-refractivity contribution in [1.82, 2.24) is 5.32 Å². The second-order valence-corrected chi connectivity index (χ2v) is 7.02. The summed E-state index contributed by atoms with van der Waals surface area (Å²) in [4.78, 5) is 35.8. The summed E-state index contributed by atoms with van der Waals surface area (Å²) in [5.74, 6) is -1.39. The molecule has 0 radical (unpaired) electrons. The number of carboxylic acid groups (broad SMARTS) is 1. The molecule has 0 atom stereocenters. The molecular weight excluding hydrogens is 332 g/mol. The zero-order valence-electron chi connectivity index (χ0n) is 14.4. The molecular formula is C16H24N2O5S. The number of anilines is 1. The molecule has 0 aromatic carbocycles. The first-order valence-corrected chi connectivity index (χ1v) is 8.61. The van der Waals surface area contributed by atoms with E-state index < -0.39 is 23.5 Å². The lowest BCUT2D eigenvalue weighted by atomic mass is 9.99. The molecule has 0 saturated heterocycles. The van der Waals surface area contributed by atoms with E-state index in [0.29, 0.717) is 17.0 Å². The maximum absolute atomic E-state index is 12.2. The van der Waals surface area contributed by atoms with Crippen molar-refractivity contribution < 1.29 is 24.2 Å². The van der Waals surface area contributed by atoms with Gasteiger partial charge in [-0.25, -0.2) is 9.59 Å². The summed E-state index contributed by atoms with van der Waals surface area (Å²) in [5.41, 5.74) is -0.352. The summed E-state index contributed by atoms with van der Waals surface area (Å²) in [6.45, 7) is 7.42. The first kappa shape index (κ1) is 20.0. The molecule has 0 aliphatic rings. The fourth-order valence-electron chi connectivity index (χ4n) is 1.99. The van der Waals surface area contributed by atoms with Crippen LogP contribution in [0.1, 0.15) is 55.8 Å². The van der Waals surface area contributed by atoms with Gasteiger partial charge >= 0.3 is 18.0 Å². The van der Waals surface area contributed by atoms with Gasteiger partial charge in [0.2, 0.25) is 0 Å². The van der Waals surface area contributed by atoms with Gasteiger partial charge in [0, 0.05) is 16.8 Å². The summed E-state index contributed by atoms with van der Waals surface area (Å²) in [5, 5.41) is 14.6.